The van der Waals surface area contributed by atoms with Crippen LogP contribution in [-0.4, -0.2) is 19.7 Å². The minimum atomic E-state index is -4.44. The van der Waals surface area contributed by atoms with Gasteiger partial charge < -0.3 is 5.32 Å². The highest BCUT2D eigenvalue weighted by Gasteiger charge is 2.33. The van der Waals surface area contributed by atoms with E-state index < -0.39 is 11.9 Å². The first-order valence-corrected chi connectivity index (χ1v) is 6.75. The third-order valence-electron chi connectivity index (χ3n) is 3.10. The van der Waals surface area contributed by atoms with E-state index in [2.05, 4.69) is 20.4 Å². The molecule has 0 saturated carbocycles. The summed E-state index contributed by atoms with van der Waals surface area (Å²) in [6, 6.07) is 9.69. The number of benzene rings is 1. The molecule has 0 bridgehead atoms. The van der Waals surface area contributed by atoms with Gasteiger partial charge in [-0.05, 0) is 29.8 Å². The molecule has 118 valence electrons. The fourth-order valence-electron chi connectivity index (χ4n) is 1.96. The number of aromatic nitrogens is 4. The van der Waals surface area contributed by atoms with E-state index in [4.69, 9.17) is 0 Å². The summed E-state index contributed by atoms with van der Waals surface area (Å²) in [5.41, 5.74) is 0.592. The average molecular weight is 319 g/mol. The number of halogens is 3. The molecule has 0 amide bonds. The molecular formula is C15H12F3N5. The van der Waals surface area contributed by atoms with Crippen LogP contribution in [0, 0.1) is 0 Å². The Morgan fingerprint density at radius 1 is 1.00 bits per heavy atom. The molecule has 0 aliphatic rings. The normalized spacial score (nSPS) is 11.4. The van der Waals surface area contributed by atoms with Crippen LogP contribution in [0.15, 0.2) is 55.0 Å². The lowest BCUT2D eigenvalue weighted by atomic mass is 10.2. The van der Waals surface area contributed by atoms with Crippen LogP contribution in [0.25, 0.3) is 5.69 Å². The highest BCUT2D eigenvalue weighted by atomic mass is 19.4. The molecule has 5 nitrogen and oxygen atoms in total. The molecule has 0 saturated heterocycles. The maximum Gasteiger partial charge on any atom is 0.435 e. The van der Waals surface area contributed by atoms with Crippen LogP contribution in [0.5, 0.6) is 0 Å². The molecule has 0 radical (unpaired) electrons. The van der Waals surface area contributed by atoms with E-state index in [1.807, 2.05) is 0 Å². The third-order valence-corrected chi connectivity index (χ3v) is 3.10. The summed E-state index contributed by atoms with van der Waals surface area (Å²) in [5.74, 6) is 0.512. The van der Waals surface area contributed by atoms with Gasteiger partial charge in [-0.25, -0.2) is 14.6 Å². The summed E-state index contributed by atoms with van der Waals surface area (Å²) in [6.07, 6.45) is 0.113. The highest BCUT2D eigenvalue weighted by Crippen LogP contribution is 2.27. The Morgan fingerprint density at radius 3 is 2.30 bits per heavy atom. The predicted octanol–water partition coefficient (Wildman–Crippen LogP) is 3.29. The van der Waals surface area contributed by atoms with Crippen molar-refractivity contribution in [3.8, 4) is 5.69 Å². The highest BCUT2D eigenvalue weighted by molar-refractivity contribution is 5.36. The molecule has 0 aliphatic heterocycles. The quantitative estimate of drug-likeness (QED) is 0.802. The van der Waals surface area contributed by atoms with E-state index in [0.717, 1.165) is 11.6 Å². The molecule has 23 heavy (non-hydrogen) atoms. The van der Waals surface area contributed by atoms with Crippen LogP contribution >= 0.6 is 0 Å². The van der Waals surface area contributed by atoms with Gasteiger partial charge in [0.1, 0.15) is 0 Å². The lowest BCUT2D eigenvalue weighted by molar-refractivity contribution is -0.141. The van der Waals surface area contributed by atoms with E-state index >= 15 is 0 Å². The lowest BCUT2D eigenvalue weighted by Gasteiger charge is -2.06. The van der Waals surface area contributed by atoms with Crippen LogP contribution in [0.2, 0.25) is 0 Å². The molecular weight excluding hydrogens is 307 g/mol. The molecule has 0 aliphatic carbocycles. The van der Waals surface area contributed by atoms with Crippen LogP contribution in [0.1, 0.15) is 11.3 Å². The largest absolute Gasteiger partial charge is 0.435 e. The summed E-state index contributed by atoms with van der Waals surface area (Å²) in [6.45, 7) is 0.511. The van der Waals surface area contributed by atoms with Crippen LogP contribution in [0.4, 0.5) is 19.1 Å². The Hall–Kier alpha value is -2.90. The second-order valence-electron chi connectivity index (χ2n) is 4.74. The summed E-state index contributed by atoms with van der Waals surface area (Å²) >= 11 is 0. The van der Waals surface area contributed by atoms with Gasteiger partial charge >= 0.3 is 6.18 Å². The maximum absolute atomic E-state index is 12.5. The van der Waals surface area contributed by atoms with Crippen molar-refractivity contribution in [2.45, 2.75) is 12.7 Å². The minimum Gasteiger partial charge on any atom is -0.350 e. The van der Waals surface area contributed by atoms with E-state index in [-0.39, 0.29) is 0 Å². The molecule has 8 heteroatoms. The molecule has 0 fully saturated rings. The van der Waals surface area contributed by atoms with Gasteiger partial charge in [0.2, 0.25) is 5.95 Å². The fourth-order valence-corrected chi connectivity index (χ4v) is 1.96. The van der Waals surface area contributed by atoms with E-state index in [1.54, 1.807) is 42.7 Å². The Labute approximate surface area is 129 Å². The number of nitrogens with zero attached hydrogens (tertiary/aromatic N) is 4. The van der Waals surface area contributed by atoms with Crippen molar-refractivity contribution >= 4 is 5.95 Å². The Bertz CT molecular complexity index is 766. The van der Waals surface area contributed by atoms with Gasteiger partial charge in [-0.2, -0.15) is 18.3 Å². The molecule has 1 N–H and O–H groups in total. The second-order valence-corrected chi connectivity index (χ2v) is 4.74. The summed E-state index contributed by atoms with van der Waals surface area (Å²) in [5, 5.41) is 6.58. The van der Waals surface area contributed by atoms with Gasteiger partial charge in [-0.15, -0.1) is 0 Å². The standard InChI is InChI=1S/C15H12F3N5/c16-15(17,18)13-6-9-23(22-13)12-4-2-11(3-5-12)10-21-14-19-7-1-8-20-14/h1-9H,10H2,(H,19,20,21). The molecule has 3 rings (SSSR count). The van der Waals surface area contributed by atoms with Crippen molar-refractivity contribution in [3.63, 3.8) is 0 Å². The van der Waals surface area contributed by atoms with Gasteiger partial charge in [-0.3, -0.25) is 0 Å². The molecule has 1 aromatic carbocycles. The van der Waals surface area contributed by atoms with Gasteiger partial charge in [0, 0.05) is 25.1 Å². The van der Waals surface area contributed by atoms with E-state index in [9.17, 15) is 13.2 Å². The molecule has 0 atom stereocenters. The lowest BCUT2D eigenvalue weighted by Crippen LogP contribution is -2.07. The molecule has 3 aromatic rings. The zero-order chi connectivity index (χ0) is 16.3. The number of anilines is 1. The molecule has 2 heterocycles. The zero-order valence-corrected chi connectivity index (χ0v) is 11.8. The topological polar surface area (TPSA) is 55.6 Å². The predicted molar refractivity (Wildman–Crippen MR) is 77.9 cm³/mol. The number of alkyl halides is 3. The van der Waals surface area contributed by atoms with Gasteiger partial charge in [-0.1, -0.05) is 12.1 Å². The Kier molecular flexibility index (Phi) is 3.96. The van der Waals surface area contributed by atoms with Crippen molar-refractivity contribution in [2.75, 3.05) is 5.32 Å². The van der Waals surface area contributed by atoms with Crippen molar-refractivity contribution in [2.24, 2.45) is 0 Å². The van der Waals surface area contributed by atoms with E-state index in [0.29, 0.717) is 18.2 Å². The van der Waals surface area contributed by atoms with Gasteiger partial charge in [0.15, 0.2) is 5.69 Å². The van der Waals surface area contributed by atoms with Crippen LogP contribution < -0.4 is 5.32 Å². The van der Waals surface area contributed by atoms with Crippen LogP contribution in [0.3, 0.4) is 0 Å². The number of nitrogens with one attached hydrogen (secondary N) is 1. The monoisotopic (exact) mass is 319 g/mol. The molecule has 0 spiro atoms. The minimum absolute atomic E-state index is 0.511. The number of rotatable bonds is 4. The van der Waals surface area contributed by atoms with Crippen molar-refractivity contribution in [1.29, 1.82) is 0 Å². The number of hydrogen-bond donors (Lipinski definition) is 1. The Balaban J connectivity index is 1.68. The van der Waals surface area contributed by atoms with Gasteiger partial charge in [0.25, 0.3) is 0 Å². The van der Waals surface area contributed by atoms with Gasteiger partial charge in [0.05, 0.1) is 5.69 Å². The first-order valence-electron chi connectivity index (χ1n) is 6.75. The van der Waals surface area contributed by atoms with Crippen molar-refractivity contribution in [3.05, 3.63) is 66.2 Å². The molecule has 2 aromatic heterocycles. The zero-order valence-electron chi connectivity index (χ0n) is 11.8. The fraction of sp³-hybridized carbons (Fsp3) is 0.133. The SMILES string of the molecule is FC(F)(F)c1ccn(-c2ccc(CNc3ncccn3)cc2)n1. The smallest absolute Gasteiger partial charge is 0.350 e. The summed E-state index contributed by atoms with van der Waals surface area (Å²) in [7, 11) is 0. The first kappa shape index (κ1) is 15.0. The molecule has 0 unspecified atom stereocenters. The van der Waals surface area contributed by atoms with E-state index in [1.165, 1.54) is 10.9 Å². The number of hydrogen-bond acceptors (Lipinski definition) is 4. The maximum atomic E-state index is 12.5. The average Bonchev–Trinajstić information content (AvgIpc) is 3.05. The third kappa shape index (κ3) is 3.65. The second kappa shape index (κ2) is 6.07. The van der Waals surface area contributed by atoms with Crippen molar-refractivity contribution in [1.82, 2.24) is 19.7 Å². The first-order chi connectivity index (χ1) is 11.0. The summed E-state index contributed by atoms with van der Waals surface area (Å²) < 4.78 is 38.8. The van der Waals surface area contributed by atoms with Crippen molar-refractivity contribution < 1.29 is 13.2 Å². The summed E-state index contributed by atoms with van der Waals surface area (Å²) in [4.78, 5) is 8.08. The Morgan fingerprint density at radius 2 is 1.70 bits per heavy atom. The van der Waals surface area contributed by atoms with Crippen LogP contribution in [-0.2, 0) is 12.7 Å².